The molecule has 4 heterocycles. The minimum atomic E-state index is -1.20. The SMILES string of the molecule is C[C@@H]1CN(c2cnc(C#N)c3ncccc23)C[C@H](CNCC2(F)CCOCC2)O1. The fraction of sp³-hybridized carbons (Fsp3) is 0.571. The van der Waals surface area contributed by atoms with Gasteiger partial charge in [-0.05, 0) is 19.1 Å². The number of aromatic nitrogens is 2. The number of ether oxygens (including phenoxy) is 2. The molecule has 0 spiro atoms. The summed E-state index contributed by atoms with van der Waals surface area (Å²) in [6, 6.07) is 5.94. The first-order valence-corrected chi connectivity index (χ1v) is 10.1. The number of rotatable bonds is 5. The molecule has 2 aromatic rings. The van der Waals surface area contributed by atoms with Gasteiger partial charge in [-0.2, -0.15) is 5.26 Å². The van der Waals surface area contributed by atoms with Gasteiger partial charge in [0.2, 0.25) is 0 Å². The van der Waals surface area contributed by atoms with Crippen LogP contribution in [-0.4, -0.2) is 67.2 Å². The maximum absolute atomic E-state index is 14.8. The van der Waals surface area contributed by atoms with E-state index in [0.29, 0.717) is 56.9 Å². The first-order chi connectivity index (χ1) is 14.1. The molecule has 0 saturated carbocycles. The highest BCUT2D eigenvalue weighted by Crippen LogP contribution is 2.29. The van der Waals surface area contributed by atoms with Crippen LogP contribution in [0.3, 0.4) is 0 Å². The highest BCUT2D eigenvalue weighted by atomic mass is 19.1. The molecule has 4 rings (SSSR count). The van der Waals surface area contributed by atoms with Gasteiger partial charge < -0.3 is 19.7 Å². The average molecular weight is 399 g/mol. The fourth-order valence-electron chi connectivity index (χ4n) is 4.12. The third-order valence-electron chi connectivity index (χ3n) is 5.60. The van der Waals surface area contributed by atoms with Crippen LogP contribution in [0, 0.1) is 11.3 Å². The second-order valence-corrected chi connectivity index (χ2v) is 7.87. The van der Waals surface area contributed by atoms with E-state index in [1.54, 1.807) is 12.4 Å². The van der Waals surface area contributed by atoms with Gasteiger partial charge in [-0.1, -0.05) is 0 Å². The first-order valence-electron chi connectivity index (χ1n) is 10.1. The highest BCUT2D eigenvalue weighted by Gasteiger charge is 2.33. The Balaban J connectivity index is 1.45. The minimum Gasteiger partial charge on any atom is -0.381 e. The van der Waals surface area contributed by atoms with Crippen LogP contribution in [0.25, 0.3) is 10.9 Å². The largest absolute Gasteiger partial charge is 0.381 e. The summed E-state index contributed by atoms with van der Waals surface area (Å²) in [6.45, 7) is 5.27. The van der Waals surface area contributed by atoms with Crippen LogP contribution in [-0.2, 0) is 9.47 Å². The normalized spacial score (nSPS) is 24.4. The van der Waals surface area contributed by atoms with Crippen LogP contribution in [0.4, 0.5) is 10.1 Å². The lowest BCUT2D eigenvalue weighted by atomic mass is 9.96. The van der Waals surface area contributed by atoms with E-state index in [4.69, 9.17) is 9.47 Å². The molecule has 2 fully saturated rings. The fourth-order valence-corrected chi connectivity index (χ4v) is 4.12. The van der Waals surface area contributed by atoms with Crippen molar-refractivity contribution in [2.24, 2.45) is 0 Å². The van der Waals surface area contributed by atoms with Gasteiger partial charge in [-0.3, -0.25) is 4.98 Å². The van der Waals surface area contributed by atoms with E-state index < -0.39 is 5.67 Å². The number of nitriles is 1. The molecule has 0 radical (unpaired) electrons. The smallest absolute Gasteiger partial charge is 0.166 e. The van der Waals surface area contributed by atoms with Crippen LogP contribution >= 0.6 is 0 Å². The Hall–Kier alpha value is -2.34. The lowest BCUT2D eigenvalue weighted by molar-refractivity contribution is -0.0253. The molecule has 7 nitrogen and oxygen atoms in total. The number of hydrogen-bond acceptors (Lipinski definition) is 7. The summed E-state index contributed by atoms with van der Waals surface area (Å²) in [5.74, 6) is 0. The van der Waals surface area contributed by atoms with Gasteiger partial charge in [-0.25, -0.2) is 9.37 Å². The molecule has 2 saturated heterocycles. The summed E-state index contributed by atoms with van der Waals surface area (Å²) in [5, 5.41) is 13.5. The van der Waals surface area contributed by atoms with Crippen molar-refractivity contribution < 1.29 is 13.9 Å². The molecule has 154 valence electrons. The molecule has 0 bridgehead atoms. The van der Waals surface area contributed by atoms with E-state index in [0.717, 1.165) is 17.6 Å². The summed E-state index contributed by atoms with van der Waals surface area (Å²) < 4.78 is 26.1. The van der Waals surface area contributed by atoms with E-state index in [1.165, 1.54) is 0 Å². The summed E-state index contributed by atoms with van der Waals surface area (Å²) in [5.41, 5.74) is 0.685. The zero-order valence-electron chi connectivity index (χ0n) is 16.6. The van der Waals surface area contributed by atoms with E-state index in [-0.39, 0.29) is 12.2 Å². The van der Waals surface area contributed by atoms with Gasteiger partial charge in [0.05, 0.1) is 24.1 Å². The molecule has 0 unspecified atom stereocenters. The molecule has 2 atom stereocenters. The van der Waals surface area contributed by atoms with Crippen molar-refractivity contribution in [2.45, 2.75) is 37.6 Å². The molecule has 2 aliphatic rings. The number of anilines is 1. The van der Waals surface area contributed by atoms with Gasteiger partial charge in [0, 0.05) is 63.8 Å². The van der Waals surface area contributed by atoms with Gasteiger partial charge in [0.25, 0.3) is 0 Å². The first kappa shape index (κ1) is 20.0. The van der Waals surface area contributed by atoms with Crippen LogP contribution in [0.15, 0.2) is 24.5 Å². The molecule has 0 aliphatic carbocycles. The Morgan fingerprint density at radius 3 is 2.97 bits per heavy atom. The van der Waals surface area contributed by atoms with Gasteiger partial charge in [0.15, 0.2) is 5.69 Å². The van der Waals surface area contributed by atoms with Crippen molar-refractivity contribution in [2.75, 3.05) is 44.3 Å². The Labute approximate surface area is 169 Å². The zero-order chi connectivity index (χ0) is 20.3. The second-order valence-electron chi connectivity index (χ2n) is 7.87. The lowest BCUT2D eigenvalue weighted by Gasteiger charge is -2.39. The third-order valence-corrected chi connectivity index (χ3v) is 5.60. The monoisotopic (exact) mass is 399 g/mol. The molecule has 8 heteroatoms. The standard InChI is InChI=1S/C21H26FN5O2/c1-15-12-27(19-11-26-18(9-23)20-17(19)3-2-6-25-20)13-16(29-15)10-24-14-21(22)4-7-28-8-5-21/h2-3,6,11,15-16,24H,4-5,7-8,10,12-14H2,1H3/t15-,16+/m1/s1. The molecule has 2 aliphatic heterocycles. The molecule has 2 aromatic heterocycles. The Morgan fingerprint density at radius 1 is 1.34 bits per heavy atom. The number of nitrogens with one attached hydrogen (secondary N) is 1. The van der Waals surface area contributed by atoms with Crippen molar-refractivity contribution >= 4 is 16.6 Å². The van der Waals surface area contributed by atoms with Crippen molar-refractivity contribution in [1.29, 1.82) is 5.26 Å². The Bertz CT molecular complexity index is 896. The summed E-state index contributed by atoms with van der Waals surface area (Å²) in [7, 11) is 0. The summed E-state index contributed by atoms with van der Waals surface area (Å²) in [6.07, 6.45) is 4.24. The molecule has 0 aromatic carbocycles. The number of nitrogens with zero attached hydrogens (tertiary/aromatic N) is 4. The zero-order valence-corrected chi connectivity index (χ0v) is 16.6. The van der Waals surface area contributed by atoms with Gasteiger partial charge in [0.1, 0.15) is 17.3 Å². The predicted octanol–water partition coefficient (Wildman–Crippen LogP) is 2.20. The highest BCUT2D eigenvalue weighted by molar-refractivity contribution is 5.93. The van der Waals surface area contributed by atoms with E-state index in [9.17, 15) is 9.65 Å². The van der Waals surface area contributed by atoms with Crippen molar-refractivity contribution in [3.05, 3.63) is 30.2 Å². The van der Waals surface area contributed by atoms with E-state index in [1.807, 2.05) is 19.1 Å². The minimum absolute atomic E-state index is 0.0281. The van der Waals surface area contributed by atoms with Crippen LogP contribution < -0.4 is 10.2 Å². The van der Waals surface area contributed by atoms with Crippen LogP contribution in [0.1, 0.15) is 25.5 Å². The maximum Gasteiger partial charge on any atom is 0.166 e. The molecule has 0 amide bonds. The Kier molecular flexibility index (Phi) is 5.90. The predicted molar refractivity (Wildman–Crippen MR) is 108 cm³/mol. The summed E-state index contributed by atoms with van der Waals surface area (Å²) in [4.78, 5) is 10.9. The average Bonchev–Trinajstić information content (AvgIpc) is 2.73. The quantitative estimate of drug-likeness (QED) is 0.825. The number of hydrogen-bond donors (Lipinski definition) is 1. The number of morpholine rings is 1. The van der Waals surface area contributed by atoms with Gasteiger partial charge in [-0.15, -0.1) is 0 Å². The van der Waals surface area contributed by atoms with Crippen molar-refractivity contribution in [1.82, 2.24) is 15.3 Å². The van der Waals surface area contributed by atoms with E-state index >= 15 is 0 Å². The number of pyridine rings is 2. The molecular weight excluding hydrogens is 373 g/mol. The van der Waals surface area contributed by atoms with Crippen LogP contribution in [0.2, 0.25) is 0 Å². The summed E-state index contributed by atoms with van der Waals surface area (Å²) >= 11 is 0. The van der Waals surface area contributed by atoms with E-state index in [2.05, 4.69) is 26.3 Å². The molecule has 1 N–H and O–H groups in total. The second kappa shape index (κ2) is 8.57. The van der Waals surface area contributed by atoms with Crippen molar-refractivity contribution in [3.63, 3.8) is 0 Å². The lowest BCUT2D eigenvalue weighted by Crippen LogP contribution is -2.52. The number of halogens is 1. The molecular formula is C21H26FN5O2. The number of fused-ring (bicyclic) bond motifs is 1. The maximum atomic E-state index is 14.8. The van der Waals surface area contributed by atoms with Gasteiger partial charge >= 0.3 is 0 Å². The van der Waals surface area contributed by atoms with Crippen LogP contribution in [0.5, 0.6) is 0 Å². The third kappa shape index (κ3) is 4.47. The Morgan fingerprint density at radius 2 is 2.17 bits per heavy atom. The van der Waals surface area contributed by atoms with Crippen molar-refractivity contribution in [3.8, 4) is 6.07 Å². The topological polar surface area (TPSA) is 83.3 Å². The number of alkyl halides is 1. The molecule has 29 heavy (non-hydrogen) atoms.